The van der Waals surface area contributed by atoms with Gasteiger partial charge in [-0.1, -0.05) is 18.2 Å². The fourth-order valence-corrected chi connectivity index (χ4v) is 2.25. The highest BCUT2D eigenvalue weighted by molar-refractivity contribution is 5.46. The molecule has 1 N–H and O–H groups in total. The van der Waals surface area contributed by atoms with E-state index in [1.165, 1.54) is 11.3 Å². The van der Waals surface area contributed by atoms with E-state index in [0.29, 0.717) is 6.04 Å². The third-order valence-corrected chi connectivity index (χ3v) is 3.54. The van der Waals surface area contributed by atoms with E-state index in [2.05, 4.69) is 73.5 Å². The summed E-state index contributed by atoms with van der Waals surface area (Å²) in [5.74, 6) is 0. The molecule has 0 bridgehead atoms. The molecule has 0 aliphatic heterocycles. The van der Waals surface area contributed by atoms with Gasteiger partial charge in [-0.25, -0.2) is 0 Å². The summed E-state index contributed by atoms with van der Waals surface area (Å²) < 4.78 is 0. The Bertz CT molecular complexity index is 520. The van der Waals surface area contributed by atoms with Crippen LogP contribution in [0.25, 0.3) is 0 Å². The van der Waals surface area contributed by atoms with Crippen LogP contribution in [0.15, 0.2) is 48.7 Å². The Kier molecular flexibility index (Phi) is 4.74. The maximum Gasteiger partial charge on any atom is 0.0570 e. The molecule has 20 heavy (non-hydrogen) atoms. The van der Waals surface area contributed by atoms with Crippen molar-refractivity contribution in [2.24, 2.45) is 0 Å². The Morgan fingerprint density at radius 2 is 1.65 bits per heavy atom. The number of rotatable bonds is 5. The summed E-state index contributed by atoms with van der Waals surface area (Å²) in [6.07, 6.45) is 1.84. The molecule has 2 rings (SSSR count). The Hall–Kier alpha value is -1.87. The summed E-state index contributed by atoms with van der Waals surface area (Å²) in [5, 5.41) is 3.58. The van der Waals surface area contributed by atoms with Crippen molar-refractivity contribution < 1.29 is 0 Å². The van der Waals surface area contributed by atoms with Gasteiger partial charge in [0.2, 0.25) is 0 Å². The fourth-order valence-electron chi connectivity index (χ4n) is 2.25. The smallest absolute Gasteiger partial charge is 0.0570 e. The number of anilines is 1. The molecule has 1 unspecified atom stereocenters. The van der Waals surface area contributed by atoms with Gasteiger partial charge in [-0.05, 0) is 43.7 Å². The van der Waals surface area contributed by atoms with Crippen molar-refractivity contribution >= 4 is 5.69 Å². The largest absolute Gasteiger partial charge is 0.378 e. The number of hydrogen-bond acceptors (Lipinski definition) is 3. The molecule has 0 aliphatic rings. The molecule has 1 aromatic carbocycles. The molecule has 1 heterocycles. The number of nitrogens with zero attached hydrogens (tertiary/aromatic N) is 2. The molecule has 3 heteroatoms. The number of hydrogen-bond donors (Lipinski definition) is 1. The van der Waals surface area contributed by atoms with Crippen LogP contribution in [0.3, 0.4) is 0 Å². The number of benzene rings is 1. The third-order valence-electron chi connectivity index (χ3n) is 3.54. The summed E-state index contributed by atoms with van der Waals surface area (Å²) in [7, 11) is 4.11. The first kappa shape index (κ1) is 14.5. The van der Waals surface area contributed by atoms with E-state index >= 15 is 0 Å². The van der Waals surface area contributed by atoms with Gasteiger partial charge in [-0.3, -0.25) is 4.98 Å². The predicted molar refractivity (Wildman–Crippen MR) is 85.0 cm³/mol. The minimum atomic E-state index is 0.236. The Morgan fingerprint density at radius 1 is 0.950 bits per heavy atom. The maximum absolute atomic E-state index is 4.39. The van der Waals surface area contributed by atoms with E-state index < -0.39 is 0 Å². The third kappa shape index (κ3) is 3.58. The van der Waals surface area contributed by atoms with E-state index in [0.717, 1.165) is 5.69 Å². The van der Waals surface area contributed by atoms with Crippen LogP contribution in [0.4, 0.5) is 5.69 Å². The standard InChI is InChI=1S/C17H23N3/c1-13(15-8-10-16(11-9-15)20(3)4)19-14(2)17-7-5-6-12-18-17/h5-14,19H,1-4H3/t13?,14-/m1/s1. The van der Waals surface area contributed by atoms with Gasteiger partial charge in [0, 0.05) is 38.1 Å². The number of nitrogens with one attached hydrogen (secondary N) is 1. The first-order chi connectivity index (χ1) is 9.58. The van der Waals surface area contributed by atoms with Gasteiger partial charge in [0.05, 0.1) is 5.69 Å². The molecule has 0 fully saturated rings. The van der Waals surface area contributed by atoms with E-state index in [1.807, 2.05) is 18.3 Å². The molecule has 0 saturated heterocycles. The molecular formula is C17H23N3. The Balaban J connectivity index is 2.02. The lowest BCUT2D eigenvalue weighted by atomic mass is 10.1. The maximum atomic E-state index is 4.39. The minimum absolute atomic E-state index is 0.236. The van der Waals surface area contributed by atoms with Gasteiger partial charge >= 0.3 is 0 Å². The molecule has 0 amide bonds. The second kappa shape index (κ2) is 6.53. The van der Waals surface area contributed by atoms with Gasteiger partial charge in [-0.2, -0.15) is 0 Å². The molecule has 0 radical (unpaired) electrons. The minimum Gasteiger partial charge on any atom is -0.378 e. The second-order valence-electron chi connectivity index (χ2n) is 5.35. The summed E-state index contributed by atoms with van der Waals surface area (Å²) in [6.45, 7) is 4.33. The van der Waals surface area contributed by atoms with Crippen LogP contribution in [-0.4, -0.2) is 19.1 Å². The van der Waals surface area contributed by atoms with Crippen molar-refractivity contribution in [3.8, 4) is 0 Å². The van der Waals surface area contributed by atoms with Gasteiger partial charge in [-0.15, -0.1) is 0 Å². The average Bonchev–Trinajstić information content (AvgIpc) is 2.48. The summed E-state index contributed by atoms with van der Waals surface area (Å²) in [6, 6.07) is 15.2. The van der Waals surface area contributed by atoms with Crippen LogP contribution >= 0.6 is 0 Å². The molecule has 2 atom stereocenters. The van der Waals surface area contributed by atoms with Gasteiger partial charge < -0.3 is 10.2 Å². The van der Waals surface area contributed by atoms with Crippen LogP contribution < -0.4 is 10.2 Å². The van der Waals surface area contributed by atoms with Crippen LogP contribution in [0.2, 0.25) is 0 Å². The zero-order valence-corrected chi connectivity index (χ0v) is 12.7. The van der Waals surface area contributed by atoms with Crippen molar-refractivity contribution in [2.45, 2.75) is 25.9 Å². The highest BCUT2D eigenvalue weighted by Gasteiger charge is 2.11. The lowest BCUT2D eigenvalue weighted by Gasteiger charge is -2.21. The topological polar surface area (TPSA) is 28.2 Å². The molecule has 0 saturated carbocycles. The van der Waals surface area contributed by atoms with Crippen molar-refractivity contribution in [2.75, 3.05) is 19.0 Å². The molecule has 106 valence electrons. The normalized spacial score (nSPS) is 13.8. The quantitative estimate of drug-likeness (QED) is 0.899. The lowest BCUT2D eigenvalue weighted by molar-refractivity contribution is 0.486. The molecule has 0 spiro atoms. The summed E-state index contributed by atoms with van der Waals surface area (Å²) in [5.41, 5.74) is 3.58. The van der Waals surface area contributed by atoms with E-state index in [9.17, 15) is 0 Å². The lowest BCUT2D eigenvalue weighted by Crippen LogP contribution is -2.23. The summed E-state index contributed by atoms with van der Waals surface area (Å²) in [4.78, 5) is 6.50. The van der Waals surface area contributed by atoms with E-state index in [-0.39, 0.29) is 6.04 Å². The highest BCUT2D eigenvalue weighted by Crippen LogP contribution is 2.20. The molecule has 2 aromatic rings. The predicted octanol–water partition coefficient (Wildman–Crippen LogP) is 3.56. The van der Waals surface area contributed by atoms with Gasteiger partial charge in [0.25, 0.3) is 0 Å². The van der Waals surface area contributed by atoms with Crippen LogP contribution in [-0.2, 0) is 0 Å². The van der Waals surface area contributed by atoms with Crippen molar-refractivity contribution in [3.05, 3.63) is 59.9 Å². The Labute approximate surface area is 121 Å². The molecule has 0 aliphatic carbocycles. The van der Waals surface area contributed by atoms with Crippen LogP contribution in [0.1, 0.15) is 37.2 Å². The number of aromatic nitrogens is 1. The monoisotopic (exact) mass is 269 g/mol. The number of pyridine rings is 1. The SMILES string of the molecule is CC(N[C@H](C)c1ccccn1)c1ccc(N(C)C)cc1. The summed E-state index contributed by atoms with van der Waals surface area (Å²) >= 11 is 0. The molecule has 1 aromatic heterocycles. The zero-order valence-electron chi connectivity index (χ0n) is 12.7. The average molecular weight is 269 g/mol. The zero-order chi connectivity index (χ0) is 14.5. The Morgan fingerprint density at radius 3 is 2.20 bits per heavy atom. The van der Waals surface area contributed by atoms with Crippen molar-refractivity contribution in [3.63, 3.8) is 0 Å². The first-order valence-corrected chi connectivity index (χ1v) is 7.02. The molecular weight excluding hydrogens is 246 g/mol. The fraction of sp³-hybridized carbons (Fsp3) is 0.353. The highest BCUT2D eigenvalue weighted by atomic mass is 15.1. The molecule has 3 nitrogen and oxygen atoms in total. The second-order valence-corrected chi connectivity index (χ2v) is 5.35. The van der Waals surface area contributed by atoms with Crippen molar-refractivity contribution in [1.29, 1.82) is 0 Å². The van der Waals surface area contributed by atoms with E-state index in [4.69, 9.17) is 0 Å². The first-order valence-electron chi connectivity index (χ1n) is 7.02. The van der Waals surface area contributed by atoms with E-state index in [1.54, 1.807) is 0 Å². The van der Waals surface area contributed by atoms with Gasteiger partial charge in [0.15, 0.2) is 0 Å². The van der Waals surface area contributed by atoms with Crippen molar-refractivity contribution in [1.82, 2.24) is 10.3 Å². The van der Waals surface area contributed by atoms with Gasteiger partial charge in [0.1, 0.15) is 0 Å². The van der Waals surface area contributed by atoms with Crippen LogP contribution in [0, 0.1) is 0 Å². The van der Waals surface area contributed by atoms with Crippen LogP contribution in [0.5, 0.6) is 0 Å².